The van der Waals surface area contributed by atoms with E-state index in [-0.39, 0.29) is 24.1 Å². The van der Waals surface area contributed by atoms with Gasteiger partial charge in [-0.15, -0.1) is 0 Å². The predicted molar refractivity (Wildman–Crippen MR) is 202 cm³/mol. The molecule has 2 saturated heterocycles. The van der Waals surface area contributed by atoms with Crippen LogP contribution in [-0.4, -0.2) is 100 Å². The average Bonchev–Trinajstić information content (AvgIpc) is 4.04. The summed E-state index contributed by atoms with van der Waals surface area (Å²) in [5.41, 5.74) is 11.4. The number of carbonyl (C=O) groups excluding carboxylic acids is 3. The molecule has 5 atom stereocenters. The number of amides is 3. The normalized spacial score (nSPS) is 22.0. The van der Waals surface area contributed by atoms with E-state index in [1.165, 1.54) is 7.11 Å². The van der Waals surface area contributed by atoms with Crippen LogP contribution in [0.3, 0.4) is 0 Å². The topological polar surface area (TPSA) is 181 Å². The fourth-order valence-corrected chi connectivity index (χ4v) is 8.37. The number of H-pyrrole nitrogens is 2. The van der Waals surface area contributed by atoms with E-state index < -0.39 is 18.2 Å². The molecule has 1 aliphatic carbocycles. The Labute approximate surface area is 315 Å². The number of rotatable bonds is 13. The molecular weight excluding hydrogens is 688 g/mol. The van der Waals surface area contributed by atoms with Crippen molar-refractivity contribution in [2.24, 2.45) is 11.7 Å². The number of aromatic nitrogens is 4. The SMILES string of the molecule is COCC[C@H](NC(=O)OC)C(=O)N1CCC[C@H]1c1ncc(-c2ccc(-c3ccc(-c4cnc([C@@H]5CCCN5C[C@@H]5CCC[C@@H]5OC(N)=O)[nH]4)cc3)cc2)[nH]1. The molecule has 0 bridgehead atoms. The van der Waals surface area contributed by atoms with Crippen LogP contribution in [0.25, 0.3) is 33.6 Å². The summed E-state index contributed by atoms with van der Waals surface area (Å²) in [5, 5.41) is 2.66. The van der Waals surface area contributed by atoms with Gasteiger partial charge in [-0.05, 0) is 73.7 Å². The lowest BCUT2D eigenvalue weighted by molar-refractivity contribution is -0.134. The molecule has 4 heterocycles. The number of nitrogens with one attached hydrogen (secondary N) is 3. The Hall–Kier alpha value is -5.21. The molecule has 0 spiro atoms. The number of nitrogens with two attached hydrogens (primary N) is 1. The minimum Gasteiger partial charge on any atom is -0.453 e. The third kappa shape index (κ3) is 8.29. The van der Waals surface area contributed by atoms with E-state index in [1.54, 1.807) is 12.0 Å². The summed E-state index contributed by atoms with van der Waals surface area (Å²) in [6, 6.07) is 16.1. The number of ether oxygens (including phenoxy) is 3. The first-order valence-corrected chi connectivity index (χ1v) is 19.0. The van der Waals surface area contributed by atoms with Crippen molar-refractivity contribution in [2.45, 2.75) is 75.6 Å². The van der Waals surface area contributed by atoms with E-state index in [2.05, 4.69) is 73.7 Å². The molecular formula is C40H50N8O6. The number of imidazole rings is 2. The van der Waals surface area contributed by atoms with Crippen molar-refractivity contribution in [1.29, 1.82) is 0 Å². The first-order valence-electron chi connectivity index (χ1n) is 19.0. The van der Waals surface area contributed by atoms with E-state index in [9.17, 15) is 14.4 Å². The van der Waals surface area contributed by atoms with Gasteiger partial charge in [-0.3, -0.25) is 9.69 Å². The molecule has 7 rings (SSSR count). The maximum Gasteiger partial charge on any atom is 0.407 e. The Morgan fingerprint density at radius 2 is 1.41 bits per heavy atom. The van der Waals surface area contributed by atoms with Crippen molar-refractivity contribution in [3.63, 3.8) is 0 Å². The minimum atomic E-state index is -0.748. The zero-order chi connectivity index (χ0) is 37.6. The second-order valence-corrected chi connectivity index (χ2v) is 14.5. The molecule has 2 aromatic carbocycles. The van der Waals surface area contributed by atoms with Gasteiger partial charge in [0.2, 0.25) is 5.91 Å². The monoisotopic (exact) mass is 738 g/mol. The smallest absolute Gasteiger partial charge is 0.407 e. The largest absolute Gasteiger partial charge is 0.453 e. The summed E-state index contributed by atoms with van der Waals surface area (Å²) in [7, 11) is 2.84. The van der Waals surface area contributed by atoms with Crippen LogP contribution in [0.15, 0.2) is 60.9 Å². The highest BCUT2D eigenvalue weighted by Crippen LogP contribution is 2.37. The van der Waals surface area contributed by atoms with Crippen molar-refractivity contribution in [1.82, 2.24) is 35.1 Å². The zero-order valence-electron chi connectivity index (χ0n) is 31.0. The lowest BCUT2D eigenvalue weighted by Gasteiger charge is -2.28. The summed E-state index contributed by atoms with van der Waals surface area (Å²) >= 11 is 0. The van der Waals surface area contributed by atoms with E-state index in [0.717, 1.165) is 103 Å². The van der Waals surface area contributed by atoms with Gasteiger partial charge in [0, 0.05) is 39.1 Å². The fourth-order valence-electron chi connectivity index (χ4n) is 8.37. The molecule has 0 radical (unpaired) electrons. The van der Waals surface area contributed by atoms with Crippen LogP contribution in [0.2, 0.25) is 0 Å². The molecule has 0 unspecified atom stereocenters. The number of aromatic amines is 2. The molecule has 2 aliphatic heterocycles. The number of benzene rings is 2. The van der Waals surface area contributed by atoms with Crippen molar-refractivity contribution in [2.75, 3.05) is 40.5 Å². The van der Waals surface area contributed by atoms with Gasteiger partial charge < -0.3 is 40.1 Å². The molecule has 286 valence electrons. The fraction of sp³-hybridized carbons (Fsp3) is 0.475. The van der Waals surface area contributed by atoms with E-state index in [1.807, 2.05) is 12.4 Å². The van der Waals surface area contributed by atoms with Crippen molar-refractivity contribution in [3.05, 3.63) is 72.6 Å². The highest BCUT2D eigenvalue weighted by Gasteiger charge is 2.37. The summed E-state index contributed by atoms with van der Waals surface area (Å²) in [4.78, 5) is 57.7. The zero-order valence-corrected chi connectivity index (χ0v) is 31.0. The first-order chi connectivity index (χ1) is 26.3. The van der Waals surface area contributed by atoms with Crippen LogP contribution in [-0.2, 0) is 19.0 Å². The third-order valence-corrected chi connectivity index (χ3v) is 11.2. The second kappa shape index (κ2) is 16.9. The van der Waals surface area contributed by atoms with Gasteiger partial charge in [0.1, 0.15) is 23.8 Å². The number of hydrogen-bond donors (Lipinski definition) is 4. The Morgan fingerprint density at radius 1 is 0.815 bits per heavy atom. The number of carbonyl (C=O) groups is 3. The lowest BCUT2D eigenvalue weighted by Crippen LogP contribution is -2.49. The van der Waals surface area contributed by atoms with Crippen LogP contribution >= 0.6 is 0 Å². The van der Waals surface area contributed by atoms with Crippen molar-refractivity contribution < 1.29 is 28.6 Å². The molecule has 54 heavy (non-hydrogen) atoms. The first kappa shape index (κ1) is 37.1. The van der Waals surface area contributed by atoms with Crippen LogP contribution in [0.4, 0.5) is 9.59 Å². The molecule has 2 aromatic heterocycles. The van der Waals surface area contributed by atoms with Crippen LogP contribution in [0, 0.1) is 5.92 Å². The van der Waals surface area contributed by atoms with Gasteiger partial charge in [-0.2, -0.15) is 0 Å². The highest BCUT2D eigenvalue weighted by atomic mass is 16.6. The molecule has 5 N–H and O–H groups in total. The van der Waals surface area contributed by atoms with Gasteiger partial charge >= 0.3 is 12.2 Å². The highest BCUT2D eigenvalue weighted by molar-refractivity contribution is 5.86. The Bertz CT molecular complexity index is 1890. The van der Waals surface area contributed by atoms with Crippen LogP contribution in [0.1, 0.15) is 75.1 Å². The summed E-state index contributed by atoms with van der Waals surface area (Å²) < 4.78 is 15.3. The standard InChI is InChI=1S/C40H50N8O6/c1-52-21-18-30(46-40(51)53-2)38(49)48-20-5-8-34(48)37-43-23-32(45-37)28-16-12-26(13-17-28)25-10-14-27(15-11-25)31-22-42-36(44-31)33-7-4-19-47(33)24-29-6-3-9-35(29)54-39(41)50/h10-17,22-23,29-30,33-35H,3-9,18-21,24H2,1-2H3,(H2,41,50)(H,42,44)(H,43,45)(H,46,51)/t29-,30-,33-,34-,35-/m0/s1. The average molecular weight is 739 g/mol. The Morgan fingerprint density at radius 3 is 2.02 bits per heavy atom. The number of methoxy groups -OCH3 is 2. The molecule has 4 aromatic rings. The van der Waals surface area contributed by atoms with Gasteiger partial charge in [-0.1, -0.05) is 48.5 Å². The van der Waals surface area contributed by atoms with E-state index >= 15 is 0 Å². The molecule has 3 aliphatic rings. The van der Waals surface area contributed by atoms with E-state index in [4.69, 9.17) is 24.9 Å². The maximum absolute atomic E-state index is 13.5. The summed E-state index contributed by atoms with van der Waals surface area (Å²) in [5.74, 6) is 1.82. The number of primary amides is 1. The van der Waals surface area contributed by atoms with Crippen LogP contribution in [0.5, 0.6) is 0 Å². The van der Waals surface area contributed by atoms with Crippen molar-refractivity contribution in [3.8, 4) is 33.6 Å². The van der Waals surface area contributed by atoms with Gasteiger partial charge in [-0.25, -0.2) is 19.6 Å². The van der Waals surface area contributed by atoms with E-state index in [0.29, 0.717) is 25.5 Å². The summed E-state index contributed by atoms with van der Waals surface area (Å²) in [6.45, 7) is 2.79. The second-order valence-electron chi connectivity index (χ2n) is 14.5. The molecule has 1 saturated carbocycles. The number of likely N-dealkylation sites (tertiary alicyclic amines) is 2. The van der Waals surface area contributed by atoms with Gasteiger partial charge in [0.15, 0.2) is 0 Å². The van der Waals surface area contributed by atoms with Crippen LogP contribution < -0.4 is 11.1 Å². The molecule has 3 fully saturated rings. The Kier molecular flexibility index (Phi) is 11.6. The molecule has 3 amide bonds. The van der Waals surface area contributed by atoms with Gasteiger partial charge in [0.05, 0.1) is 43.0 Å². The lowest BCUT2D eigenvalue weighted by atomic mass is 10.0. The maximum atomic E-state index is 13.5. The van der Waals surface area contributed by atoms with Crippen molar-refractivity contribution >= 4 is 18.1 Å². The summed E-state index contributed by atoms with van der Waals surface area (Å²) in [6.07, 6.45) is 9.39. The Balaban J connectivity index is 0.977. The predicted octanol–water partition coefficient (Wildman–Crippen LogP) is 5.96. The minimum absolute atomic E-state index is 0.0966. The number of hydrogen-bond acceptors (Lipinski definition) is 9. The molecule has 14 heteroatoms. The number of alkyl carbamates (subject to hydrolysis) is 1. The van der Waals surface area contributed by atoms with Gasteiger partial charge in [0.25, 0.3) is 0 Å². The number of nitrogens with zero attached hydrogens (tertiary/aromatic N) is 4. The quantitative estimate of drug-likeness (QED) is 0.129. The third-order valence-electron chi connectivity index (χ3n) is 11.2. The molecule has 14 nitrogen and oxygen atoms in total.